The van der Waals surface area contributed by atoms with E-state index < -0.39 is 17.5 Å². The number of nitrogens with one attached hydrogen (secondary N) is 1. The van der Waals surface area contributed by atoms with E-state index >= 15 is 0 Å². The van der Waals surface area contributed by atoms with Crippen LogP contribution in [0, 0.1) is 12.7 Å². The molecule has 0 fully saturated rings. The van der Waals surface area contributed by atoms with Gasteiger partial charge in [-0.1, -0.05) is 0 Å². The van der Waals surface area contributed by atoms with Crippen molar-refractivity contribution in [2.75, 3.05) is 7.11 Å². The molecule has 0 radical (unpaired) electrons. The van der Waals surface area contributed by atoms with Crippen molar-refractivity contribution in [2.45, 2.75) is 6.92 Å². The molecule has 2 rings (SSSR count). The number of carboxylic acid groups (broad SMARTS) is 1. The summed E-state index contributed by atoms with van der Waals surface area (Å²) in [7, 11) is 1.32. The lowest BCUT2D eigenvalue weighted by Crippen LogP contribution is -1.95. The highest BCUT2D eigenvalue weighted by atomic mass is 19.1. The summed E-state index contributed by atoms with van der Waals surface area (Å²) in [6.07, 6.45) is 0. The number of H-pyrrole nitrogens is 1. The Morgan fingerprint density at radius 3 is 2.68 bits per heavy atom. The average molecular weight is 266 g/mol. The number of ether oxygens (including phenoxy) is 1. The van der Waals surface area contributed by atoms with Crippen LogP contribution in [0.2, 0.25) is 0 Å². The lowest BCUT2D eigenvalue weighted by molar-refractivity contribution is 0.0690. The molecule has 0 unspecified atom stereocenters. The number of carboxylic acids is 1. The normalized spacial score (nSPS) is 10.5. The Morgan fingerprint density at radius 1 is 1.47 bits per heavy atom. The third-order valence-corrected chi connectivity index (χ3v) is 2.67. The van der Waals surface area contributed by atoms with Crippen molar-refractivity contribution in [3.63, 3.8) is 0 Å². The third-order valence-electron chi connectivity index (χ3n) is 2.67. The molecule has 6 nitrogen and oxygen atoms in total. The number of phenols is 1. The molecule has 0 saturated heterocycles. The van der Waals surface area contributed by atoms with Crippen LogP contribution >= 0.6 is 0 Å². The van der Waals surface area contributed by atoms with Gasteiger partial charge in [0.05, 0.1) is 12.8 Å². The number of aryl methyl sites for hydroxylation is 1. The number of methoxy groups -OCH3 is 1. The summed E-state index contributed by atoms with van der Waals surface area (Å²) in [4.78, 5) is 10.7. The van der Waals surface area contributed by atoms with Gasteiger partial charge in [-0.3, -0.25) is 5.10 Å². The van der Waals surface area contributed by atoms with Crippen LogP contribution < -0.4 is 4.74 Å². The van der Waals surface area contributed by atoms with Crippen LogP contribution in [-0.2, 0) is 0 Å². The standard InChI is InChI=1S/C12H11FN2O4/c1-5-3-6(9(13)10(16)11(5)19-2)7-4-8(12(17)18)15-14-7/h3-4,16H,1-2H3,(H,14,15)(H,17,18). The summed E-state index contributed by atoms with van der Waals surface area (Å²) in [5.74, 6) is -2.70. The highest BCUT2D eigenvalue weighted by Gasteiger charge is 2.20. The van der Waals surface area contributed by atoms with E-state index in [4.69, 9.17) is 9.84 Å². The van der Waals surface area contributed by atoms with Crippen LogP contribution in [-0.4, -0.2) is 33.5 Å². The Kier molecular flexibility index (Phi) is 3.12. The van der Waals surface area contributed by atoms with E-state index in [1.165, 1.54) is 19.2 Å². The number of benzene rings is 1. The molecule has 100 valence electrons. The summed E-state index contributed by atoms with van der Waals surface area (Å²) in [6.45, 7) is 1.63. The molecule has 3 N–H and O–H groups in total. The van der Waals surface area contributed by atoms with Gasteiger partial charge in [-0.2, -0.15) is 5.10 Å². The van der Waals surface area contributed by atoms with E-state index in [1.54, 1.807) is 6.92 Å². The zero-order valence-corrected chi connectivity index (χ0v) is 10.2. The highest BCUT2D eigenvalue weighted by molar-refractivity contribution is 5.87. The molecule has 0 atom stereocenters. The fraction of sp³-hybridized carbons (Fsp3) is 0.167. The molecule has 19 heavy (non-hydrogen) atoms. The monoisotopic (exact) mass is 266 g/mol. The number of rotatable bonds is 3. The average Bonchev–Trinajstić information content (AvgIpc) is 2.84. The minimum absolute atomic E-state index is 0.000417. The van der Waals surface area contributed by atoms with Gasteiger partial charge < -0.3 is 14.9 Å². The summed E-state index contributed by atoms with van der Waals surface area (Å²) >= 11 is 0. The Morgan fingerprint density at radius 2 is 2.16 bits per heavy atom. The maximum atomic E-state index is 14.0. The fourth-order valence-electron chi connectivity index (χ4n) is 1.77. The van der Waals surface area contributed by atoms with Crippen LogP contribution in [0.25, 0.3) is 11.3 Å². The van der Waals surface area contributed by atoms with Crippen molar-refractivity contribution in [3.8, 4) is 22.8 Å². The second-order valence-corrected chi connectivity index (χ2v) is 3.91. The molecule has 2 aromatic rings. The van der Waals surface area contributed by atoms with E-state index in [0.717, 1.165) is 0 Å². The number of phenolic OH excluding ortho intramolecular Hbond substituents is 1. The number of aromatic carboxylic acids is 1. The van der Waals surface area contributed by atoms with Gasteiger partial charge in [-0.15, -0.1) is 0 Å². The quantitative estimate of drug-likeness (QED) is 0.789. The number of carbonyl (C=O) groups is 1. The molecule has 0 aliphatic rings. The van der Waals surface area contributed by atoms with E-state index in [-0.39, 0.29) is 22.7 Å². The van der Waals surface area contributed by atoms with Crippen molar-refractivity contribution in [3.05, 3.63) is 29.2 Å². The molecule has 7 heteroatoms. The maximum Gasteiger partial charge on any atom is 0.353 e. The molecule has 0 aliphatic heterocycles. The highest BCUT2D eigenvalue weighted by Crippen LogP contribution is 2.38. The van der Waals surface area contributed by atoms with Gasteiger partial charge in [-0.25, -0.2) is 9.18 Å². The van der Waals surface area contributed by atoms with Crippen molar-refractivity contribution < 1.29 is 24.1 Å². The summed E-state index contributed by atoms with van der Waals surface area (Å²) in [6, 6.07) is 2.61. The second kappa shape index (κ2) is 4.60. The van der Waals surface area contributed by atoms with Crippen LogP contribution in [0.4, 0.5) is 4.39 Å². The lowest BCUT2D eigenvalue weighted by Gasteiger charge is -2.10. The molecular formula is C12H11FN2O4. The van der Waals surface area contributed by atoms with Crippen molar-refractivity contribution in [1.29, 1.82) is 0 Å². The SMILES string of the molecule is COc1c(C)cc(-c2cc(C(=O)O)[nH]n2)c(F)c1O. The Balaban J connectivity index is 2.59. The van der Waals surface area contributed by atoms with Crippen molar-refractivity contribution in [1.82, 2.24) is 10.2 Å². The number of nitrogens with zero attached hydrogens (tertiary/aromatic N) is 1. The number of aromatic hydroxyl groups is 1. The predicted molar refractivity (Wildman–Crippen MR) is 63.9 cm³/mol. The molecule has 0 bridgehead atoms. The Labute approximate surface area is 107 Å². The zero-order chi connectivity index (χ0) is 14.2. The molecular weight excluding hydrogens is 255 g/mol. The largest absolute Gasteiger partial charge is 0.502 e. The number of aromatic nitrogens is 2. The van der Waals surface area contributed by atoms with Gasteiger partial charge in [0.1, 0.15) is 5.69 Å². The lowest BCUT2D eigenvalue weighted by atomic mass is 10.1. The zero-order valence-electron chi connectivity index (χ0n) is 10.2. The van der Waals surface area contributed by atoms with Gasteiger partial charge in [0.2, 0.25) is 0 Å². The van der Waals surface area contributed by atoms with Gasteiger partial charge in [0.25, 0.3) is 0 Å². The summed E-state index contributed by atoms with van der Waals surface area (Å²) in [5, 5.41) is 24.4. The molecule has 1 aromatic carbocycles. The van der Waals surface area contributed by atoms with Crippen LogP contribution in [0.15, 0.2) is 12.1 Å². The molecule has 1 heterocycles. The fourth-order valence-corrected chi connectivity index (χ4v) is 1.77. The minimum atomic E-state index is -1.20. The molecule has 0 spiro atoms. The van der Waals surface area contributed by atoms with Gasteiger partial charge >= 0.3 is 5.97 Å². The first-order valence-electron chi connectivity index (χ1n) is 5.30. The number of hydrogen-bond donors (Lipinski definition) is 3. The molecule has 0 aliphatic carbocycles. The van der Waals surface area contributed by atoms with Crippen LogP contribution in [0.5, 0.6) is 11.5 Å². The summed E-state index contributed by atoms with van der Waals surface area (Å²) in [5.41, 5.74) is 0.439. The molecule has 0 amide bonds. The first-order valence-corrected chi connectivity index (χ1v) is 5.30. The van der Waals surface area contributed by atoms with E-state index in [0.29, 0.717) is 5.56 Å². The van der Waals surface area contributed by atoms with Crippen molar-refractivity contribution in [2.24, 2.45) is 0 Å². The Bertz CT molecular complexity index is 651. The second-order valence-electron chi connectivity index (χ2n) is 3.91. The van der Waals surface area contributed by atoms with Crippen LogP contribution in [0.1, 0.15) is 16.1 Å². The van der Waals surface area contributed by atoms with Gasteiger partial charge in [0.15, 0.2) is 17.3 Å². The third kappa shape index (κ3) is 2.10. The van der Waals surface area contributed by atoms with Crippen LogP contribution in [0.3, 0.4) is 0 Å². The van der Waals surface area contributed by atoms with E-state index in [2.05, 4.69) is 10.2 Å². The molecule has 0 saturated carbocycles. The Hall–Kier alpha value is -2.57. The summed E-state index contributed by atoms with van der Waals surface area (Å²) < 4.78 is 18.9. The number of aromatic amines is 1. The number of halogens is 1. The molecule has 1 aromatic heterocycles. The minimum Gasteiger partial charge on any atom is -0.502 e. The van der Waals surface area contributed by atoms with Gasteiger partial charge in [0, 0.05) is 5.56 Å². The maximum absolute atomic E-state index is 14.0. The first-order chi connectivity index (χ1) is 8.95. The topological polar surface area (TPSA) is 95.4 Å². The van der Waals surface area contributed by atoms with E-state index in [1.807, 2.05) is 0 Å². The number of hydrogen-bond acceptors (Lipinski definition) is 4. The smallest absolute Gasteiger partial charge is 0.353 e. The van der Waals surface area contributed by atoms with E-state index in [9.17, 15) is 14.3 Å². The predicted octanol–water partition coefficient (Wildman–Crippen LogP) is 1.94. The first kappa shape index (κ1) is 12.9. The van der Waals surface area contributed by atoms with Crippen molar-refractivity contribution >= 4 is 5.97 Å². The van der Waals surface area contributed by atoms with Gasteiger partial charge in [-0.05, 0) is 24.6 Å².